The summed E-state index contributed by atoms with van der Waals surface area (Å²) in [7, 11) is 0. The van der Waals surface area contributed by atoms with Gasteiger partial charge in [-0.15, -0.1) is 0 Å². The Hall–Kier alpha value is -1.95. The van der Waals surface area contributed by atoms with Gasteiger partial charge in [-0.25, -0.2) is 4.39 Å². The number of hydrogen-bond donors (Lipinski definition) is 2. The summed E-state index contributed by atoms with van der Waals surface area (Å²) in [5.41, 5.74) is -0.255. The molecule has 126 valence electrons. The number of benzene rings is 1. The molecule has 0 radical (unpaired) electrons. The molecule has 1 aromatic rings. The molecule has 5 nitrogen and oxygen atoms in total. The molecule has 6 heteroatoms. The molecule has 2 amide bonds. The Morgan fingerprint density at radius 1 is 1.30 bits per heavy atom. The molecule has 1 unspecified atom stereocenters. The molecule has 1 heterocycles. The van der Waals surface area contributed by atoms with Gasteiger partial charge in [-0.2, -0.15) is 0 Å². The van der Waals surface area contributed by atoms with Crippen LogP contribution in [-0.4, -0.2) is 31.1 Å². The number of carbonyl (C=O) groups excluding carboxylic acids is 2. The highest BCUT2D eigenvalue weighted by atomic mass is 19.1. The van der Waals surface area contributed by atoms with Crippen LogP contribution in [0.1, 0.15) is 44.0 Å². The average Bonchev–Trinajstić information content (AvgIpc) is 2.49. The van der Waals surface area contributed by atoms with Gasteiger partial charge in [-0.1, -0.05) is 20.8 Å². The predicted molar refractivity (Wildman–Crippen MR) is 85.8 cm³/mol. The van der Waals surface area contributed by atoms with Gasteiger partial charge in [0.2, 0.25) is 5.91 Å². The molecular formula is C17H23FN2O3. The highest BCUT2D eigenvalue weighted by Crippen LogP contribution is 2.20. The monoisotopic (exact) mass is 322 g/mol. The first-order valence-electron chi connectivity index (χ1n) is 7.77. The Morgan fingerprint density at radius 3 is 2.65 bits per heavy atom. The summed E-state index contributed by atoms with van der Waals surface area (Å²) < 4.78 is 19.2. The molecule has 1 atom stereocenters. The first kappa shape index (κ1) is 17.4. The number of carbonyl (C=O) groups is 2. The number of rotatable bonds is 3. The van der Waals surface area contributed by atoms with Crippen molar-refractivity contribution in [3.05, 3.63) is 29.6 Å². The van der Waals surface area contributed by atoms with E-state index >= 15 is 0 Å². The number of ether oxygens (including phenoxy) is 1. The third kappa shape index (κ3) is 4.76. The molecule has 0 spiro atoms. The fourth-order valence-corrected chi connectivity index (χ4v) is 2.21. The Kier molecular flexibility index (Phi) is 5.36. The summed E-state index contributed by atoms with van der Waals surface area (Å²) in [6.07, 6.45) is 1.68. The van der Waals surface area contributed by atoms with Crippen LogP contribution in [-0.2, 0) is 9.53 Å². The van der Waals surface area contributed by atoms with Crippen molar-refractivity contribution >= 4 is 17.5 Å². The van der Waals surface area contributed by atoms with Crippen LogP contribution in [0, 0.1) is 11.2 Å². The van der Waals surface area contributed by atoms with Gasteiger partial charge in [0.25, 0.3) is 5.91 Å². The molecule has 1 aliphatic heterocycles. The lowest BCUT2D eigenvalue weighted by Crippen LogP contribution is -2.41. The van der Waals surface area contributed by atoms with Gasteiger partial charge in [-0.05, 0) is 31.0 Å². The number of hydrogen-bond acceptors (Lipinski definition) is 3. The van der Waals surface area contributed by atoms with Crippen LogP contribution < -0.4 is 10.6 Å². The minimum atomic E-state index is -0.618. The second-order valence-corrected chi connectivity index (χ2v) is 6.79. The van der Waals surface area contributed by atoms with Crippen LogP contribution >= 0.6 is 0 Å². The summed E-state index contributed by atoms with van der Waals surface area (Å²) in [5.74, 6) is -1.31. The molecule has 2 N–H and O–H groups in total. The zero-order valence-corrected chi connectivity index (χ0v) is 13.7. The highest BCUT2D eigenvalue weighted by Gasteiger charge is 2.23. The van der Waals surface area contributed by atoms with Crippen molar-refractivity contribution in [3.8, 4) is 0 Å². The fraction of sp³-hybridized carbons (Fsp3) is 0.529. The van der Waals surface area contributed by atoms with Gasteiger partial charge in [0, 0.05) is 17.7 Å². The minimum Gasteiger partial charge on any atom is -0.379 e. The maximum atomic E-state index is 13.9. The van der Waals surface area contributed by atoms with Crippen LogP contribution in [0.2, 0.25) is 0 Å². The normalized spacial score (nSPS) is 18.3. The largest absolute Gasteiger partial charge is 0.379 e. The van der Waals surface area contributed by atoms with Gasteiger partial charge in [-0.3, -0.25) is 9.59 Å². The van der Waals surface area contributed by atoms with Crippen molar-refractivity contribution in [2.24, 2.45) is 5.41 Å². The highest BCUT2D eigenvalue weighted by molar-refractivity contribution is 5.98. The Labute approximate surface area is 135 Å². The van der Waals surface area contributed by atoms with Crippen molar-refractivity contribution in [2.45, 2.75) is 39.7 Å². The van der Waals surface area contributed by atoms with Gasteiger partial charge < -0.3 is 15.4 Å². The van der Waals surface area contributed by atoms with E-state index in [1.807, 2.05) is 0 Å². The molecule has 0 aromatic heterocycles. The summed E-state index contributed by atoms with van der Waals surface area (Å²) in [5, 5.41) is 5.47. The van der Waals surface area contributed by atoms with Crippen molar-refractivity contribution in [2.75, 3.05) is 18.5 Å². The summed E-state index contributed by atoms with van der Waals surface area (Å²) >= 11 is 0. The Balaban J connectivity index is 2.10. The SMILES string of the molecule is CC(C)(C)C(=O)Nc1ccc(F)c(C(=O)NC2CCCOC2)c1. The van der Waals surface area contributed by atoms with Gasteiger partial charge in [0.1, 0.15) is 5.82 Å². The van der Waals surface area contributed by atoms with Gasteiger partial charge in [0.15, 0.2) is 0 Å². The lowest BCUT2D eigenvalue weighted by molar-refractivity contribution is -0.123. The lowest BCUT2D eigenvalue weighted by atomic mass is 9.95. The molecular weight excluding hydrogens is 299 g/mol. The average molecular weight is 322 g/mol. The van der Waals surface area contributed by atoms with E-state index in [0.717, 1.165) is 12.8 Å². The van der Waals surface area contributed by atoms with Crippen LogP contribution in [0.15, 0.2) is 18.2 Å². The molecule has 1 aromatic carbocycles. The number of anilines is 1. The van der Waals surface area contributed by atoms with E-state index in [2.05, 4.69) is 10.6 Å². The summed E-state index contributed by atoms with van der Waals surface area (Å²) in [6.45, 7) is 6.47. The maximum absolute atomic E-state index is 13.9. The molecule has 0 aliphatic carbocycles. The van der Waals surface area contributed by atoms with E-state index in [-0.39, 0.29) is 17.5 Å². The zero-order valence-electron chi connectivity index (χ0n) is 13.7. The van der Waals surface area contributed by atoms with Crippen LogP contribution in [0.4, 0.5) is 10.1 Å². The van der Waals surface area contributed by atoms with Crippen molar-refractivity contribution in [3.63, 3.8) is 0 Å². The quantitative estimate of drug-likeness (QED) is 0.899. The number of nitrogens with one attached hydrogen (secondary N) is 2. The molecule has 1 fully saturated rings. The summed E-state index contributed by atoms with van der Waals surface area (Å²) in [6, 6.07) is 3.88. The number of amides is 2. The topological polar surface area (TPSA) is 67.4 Å². The zero-order chi connectivity index (χ0) is 17.0. The fourth-order valence-electron chi connectivity index (χ4n) is 2.21. The van der Waals surface area contributed by atoms with Crippen molar-refractivity contribution in [1.29, 1.82) is 0 Å². The molecule has 23 heavy (non-hydrogen) atoms. The lowest BCUT2D eigenvalue weighted by Gasteiger charge is -2.23. The third-order valence-corrected chi connectivity index (χ3v) is 3.65. The van der Waals surface area contributed by atoms with E-state index in [4.69, 9.17) is 4.74 Å². The Bertz CT molecular complexity index is 590. The van der Waals surface area contributed by atoms with Crippen molar-refractivity contribution in [1.82, 2.24) is 5.32 Å². The van der Waals surface area contributed by atoms with Crippen LogP contribution in [0.5, 0.6) is 0 Å². The number of halogens is 1. The second-order valence-electron chi connectivity index (χ2n) is 6.79. The molecule has 2 rings (SSSR count). The molecule has 0 saturated carbocycles. The third-order valence-electron chi connectivity index (χ3n) is 3.65. The van der Waals surface area contributed by atoms with E-state index in [1.54, 1.807) is 20.8 Å². The maximum Gasteiger partial charge on any atom is 0.254 e. The first-order valence-corrected chi connectivity index (χ1v) is 7.77. The van der Waals surface area contributed by atoms with Crippen molar-refractivity contribution < 1.29 is 18.7 Å². The van der Waals surface area contributed by atoms with Crippen LogP contribution in [0.25, 0.3) is 0 Å². The Morgan fingerprint density at radius 2 is 2.04 bits per heavy atom. The molecule has 0 bridgehead atoms. The molecule has 1 aliphatic rings. The van der Waals surface area contributed by atoms with Gasteiger partial charge in [0.05, 0.1) is 18.2 Å². The van der Waals surface area contributed by atoms with E-state index in [0.29, 0.717) is 18.9 Å². The van der Waals surface area contributed by atoms with E-state index < -0.39 is 17.1 Å². The van der Waals surface area contributed by atoms with Crippen LogP contribution in [0.3, 0.4) is 0 Å². The minimum absolute atomic E-state index is 0.0812. The van der Waals surface area contributed by atoms with E-state index in [1.165, 1.54) is 18.2 Å². The first-order chi connectivity index (χ1) is 10.8. The molecule has 1 saturated heterocycles. The summed E-state index contributed by atoms with van der Waals surface area (Å²) in [4.78, 5) is 24.2. The van der Waals surface area contributed by atoms with Gasteiger partial charge >= 0.3 is 0 Å². The van der Waals surface area contributed by atoms with E-state index in [9.17, 15) is 14.0 Å². The standard InChI is InChI=1S/C17H23FN2O3/c1-17(2,3)16(22)20-11-6-7-14(18)13(9-11)15(21)19-12-5-4-8-23-10-12/h6-7,9,12H,4-5,8,10H2,1-3H3,(H,19,21)(H,20,22). The predicted octanol–water partition coefficient (Wildman–Crippen LogP) is 2.72. The second kappa shape index (κ2) is 7.08. The smallest absolute Gasteiger partial charge is 0.254 e.